The number of hydrogen-bond acceptors (Lipinski definition) is 2. The molecule has 4 rings (SSSR count). The Kier molecular flexibility index (Phi) is 3.51. The number of aryl methyl sites for hydroxylation is 1. The minimum Gasteiger partial charge on any atom is -0.393 e. The quantitative estimate of drug-likeness (QED) is 0.936. The van der Waals surface area contributed by atoms with Crippen molar-refractivity contribution in [3.63, 3.8) is 0 Å². The molecule has 1 heterocycles. The van der Waals surface area contributed by atoms with Crippen LogP contribution in [-0.4, -0.2) is 29.2 Å². The van der Waals surface area contributed by atoms with E-state index in [1.165, 1.54) is 22.3 Å². The lowest BCUT2D eigenvalue weighted by Gasteiger charge is -2.35. The van der Waals surface area contributed by atoms with Gasteiger partial charge in [0.1, 0.15) is 0 Å². The first-order valence-corrected chi connectivity index (χ1v) is 8.26. The van der Waals surface area contributed by atoms with Crippen molar-refractivity contribution in [3.8, 4) is 11.1 Å². The van der Waals surface area contributed by atoms with Crippen molar-refractivity contribution in [3.05, 3.63) is 59.7 Å². The molecular weight excluding hydrogens is 270 g/mol. The van der Waals surface area contributed by atoms with Gasteiger partial charge in [0.05, 0.1) is 6.10 Å². The molecule has 2 nitrogen and oxygen atoms in total. The van der Waals surface area contributed by atoms with Gasteiger partial charge in [-0.15, -0.1) is 0 Å². The second-order valence-electron chi connectivity index (χ2n) is 6.93. The smallest absolute Gasteiger partial charge is 0.0587 e. The molecule has 0 bridgehead atoms. The summed E-state index contributed by atoms with van der Waals surface area (Å²) in [6.07, 6.45) is 0.964. The number of aliphatic hydroxyl groups is 1. The molecule has 0 spiro atoms. The van der Waals surface area contributed by atoms with E-state index in [1.54, 1.807) is 0 Å². The summed E-state index contributed by atoms with van der Waals surface area (Å²) in [6.45, 7) is 5.38. The Morgan fingerprint density at radius 1 is 1.05 bits per heavy atom. The van der Waals surface area contributed by atoms with Gasteiger partial charge in [-0.25, -0.2) is 0 Å². The van der Waals surface area contributed by atoms with Gasteiger partial charge in [0.15, 0.2) is 0 Å². The van der Waals surface area contributed by atoms with E-state index in [9.17, 15) is 5.11 Å². The molecule has 2 aromatic rings. The maximum atomic E-state index is 9.76. The molecule has 2 aliphatic rings. The van der Waals surface area contributed by atoms with Gasteiger partial charge in [-0.05, 0) is 41.5 Å². The number of fused-ring (bicyclic) bond motifs is 1. The van der Waals surface area contributed by atoms with Gasteiger partial charge in [0, 0.05) is 25.6 Å². The second kappa shape index (κ2) is 5.53. The van der Waals surface area contributed by atoms with Crippen molar-refractivity contribution in [1.29, 1.82) is 0 Å². The fourth-order valence-corrected chi connectivity index (χ4v) is 4.04. The summed E-state index contributed by atoms with van der Waals surface area (Å²) in [4.78, 5) is 2.49. The number of likely N-dealkylation sites (tertiary alicyclic amines) is 1. The second-order valence-corrected chi connectivity index (χ2v) is 6.93. The topological polar surface area (TPSA) is 23.5 Å². The van der Waals surface area contributed by atoms with Gasteiger partial charge in [-0.2, -0.15) is 0 Å². The maximum Gasteiger partial charge on any atom is 0.0587 e. The zero-order valence-electron chi connectivity index (χ0n) is 13.1. The van der Waals surface area contributed by atoms with Crippen LogP contribution in [0.25, 0.3) is 11.1 Å². The Hall–Kier alpha value is -1.64. The standard InChI is InChI=1S/C20H23NO/c1-14-4-2-3-5-18(14)16-8-6-15(7-9-16)11-21-12-17-10-20(22)19(17)13-21/h2-9,17,19-20,22H,10-13H2,1H3/t17-,19+,20-/m1/s1. The average molecular weight is 293 g/mol. The zero-order valence-corrected chi connectivity index (χ0v) is 13.1. The first-order valence-electron chi connectivity index (χ1n) is 8.26. The van der Waals surface area contributed by atoms with E-state index < -0.39 is 0 Å². The highest BCUT2D eigenvalue weighted by molar-refractivity contribution is 5.67. The Morgan fingerprint density at radius 2 is 1.82 bits per heavy atom. The monoisotopic (exact) mass is 293 g/mol. The first kappa shape index (κ1) is 14.0. The molecule has 1 saturated carbocycles. The van der Waals surface area contributed by atoms with Crippen molar-refractivity contribution in [2.45, 2.75) is 26.0 Å². The number of aliphatic hydroxyl groups excluding tert-OH is 1. The molecule has 1 aliphatic heterocycles. The van der Waals surface area contributed by atoms with E-state index in [2.05, 4.69) is 60.4 Å². The molecule has 0 unspecified atom stereocenters. The Morgan fingerprint density at radius 3 is 2.50 bits per heavy atom. The molecule has 2 aromatic carbocycles. The number of nitrogens with zero attached hydrogens (tertiary/aromatic N) is 1. The van der Waals surface area contributed by atoms with Crippen LogP contribution in [0.2, 0.25) is 0 Å². The normalized spacial score (nSPS) is 27.5. The van der Waals surface area contributed by atoms with Crippen LogP contribution in [0.5, 0.6) is 0 Å². The van der Waals surface area contributed by atoms with E-state index >= 15 is 0 Å². The summed E-state index contributed by atoms with van der Waals surface area (Å²) in [5.74, 6) is 1.27. The summed E-state index contributed by atoms with van der Waals surface area (Å²) >= 11 is 0. The van der Waals surface area contributed by atoms with Gasteiger partial charge < -0.3 is 5.11 Å². The number of rotatable bonds is 3. The fourth-order valence-electron chi connectivity index (χ4n) is 4.04. The van der Waals surface area contributed by atoms with Crippen molar-refractivity contribution < 1.29 is 5.11 Å². The van der Waals surface area contributed by atoms with Crippen molar-refractivity contribution in [2.75, 3.05) is 13.1 Å². The molecule has 1 saturated heterocycles. The van der Waals surface area contributed by atoms with Crippen molar-refractivity contribution in [2.24, 2.45) is 11.8 Å². The molecule has 114 valence electrons. The summed E-state index contributed by atoms with van der Waals surface area (Å²) in [5, 5.41) is 9.76. The van der Waals surface area contributed by atoms with Crippen LogP contribution >= 0.6 is 0 Å². The molecule has 0 aromatic heterocycles. The lowest BCUT2D eigenvalue weighted by molar-refractivity contribution is -0.00435. The SMILES string of the molecule is Cc1ccccc1-c1ccc(CN2C[C@H]3C[C@@H](O)[C@H]3C2)cc1. The molecule has 2 heteroatoms. The highest BCUT2D eigenvalue weighted by atomic mass is 16.3. The number of hydrogen-bond donors (Lipinski definition) is 1. The molecule has 3 atom stereocenters. The summed E-state index contributed by atoms with van der Waals surface area (Å²) in [5.41, 5.74) is 5.30. The summed E-state index contributed by atoms with van der Waals surface area (Å²) in [7, 11) is 0. The van der Waals surface area contributed by atoms with Gasteiger partial charge in [-0.1, -0.05) is 48.5 Å². The highest BCUT2D eigenvalue weighted by Crippen LogP contribution is 2.41. The van der Waals surface area contributed by atoms with E-state index in [4.69, 9.17) is 0 Å². The van der Waals surface area contributed by atoms with Gasteiger partial charge in [-0.3, -0.25) is 4.90 Å². The van der Waals surface area contributed by atoms with Crippen molar-refractivity contribution in [1.82, 2.24) is 4.90 Å². The molecule has 2 fully saturated rings. The van der Waals surface area contributed by atoms with Gasteiger partial charge in [0.2, 0.25) is 0 Å². The predicted molar refractivity (Wildman–Crippen MR) is 89.5 cm³/mol. The van der Waals surface area contributed by atoms with Crippen LogP contribution in [0, 0.1) is 18.8 Å². The Bertz CT molecular complexity index is 664. The van der Waals surface area contributed by atoms with E-state index in [0.717, 1.165) is 32.0 Å². The van der Waals surface area contributed by atoms with E-state index in [-0.39, 0.29) is 6.10 Å². The molecule has 1 aliphatic carbocycles. The molecule has 0 amide bonds. The molecular formula is C20H23NO. The Labute approximate surface area is 132 Å². The fraction of sp³-hybridized carbons (Fsp3) is 0.400. The minimum atomic E-state index is -0.0431. The van der Waals surface area contributed by atoms with Crippen molar-refractivity contribution >= 4 is 0 Å². The Balaban J connectivity index is 1.45. The van der Waals surface area contributed by atoms with Gasteiger partial charge >= 0.3 is 0 Å². The summed E-state index contributed by atoms with van der Waals surface area (Å²) in [6, 6.07) is 17.5. The van der Waals surface area contributed by atoms with Crippen LogP contribution in [0.1, 0.15) is 17.5 Å². The van der Waals surface area contributed by atoms with Crippen LogP contribution in [0.4, 0.5) is 0 Å². The van der Waals surface area contributed by atoms with Crippen LogP contribution < -0.4 is 0 Å². The van der Waals surface area contributed by atoms with Crippen LogP contribution in [0.15, 0.2) is 48.5 Å². The highest BCUT2D eigenvalue weighted by Gasteiger charge is 2.45. The third kappa shape index (κ3) is 2.47. The third-order valence-electron chi connectivity index (χ3n) is 5.42. The lowest BCUT2D eigenvalue weighted by atomic mass is 9.74. The minimum absolute atomic E-state index is 0.0431. The van der Waals surface area contributed by atoms with E-state index in [0.29, 0.717) is 5.92 Å². The maximum absolute atomic E-state index is 9.76. The average Bonchev–Trinajstić information content (AvgIpc) is 2.85. The molecule has 0 radical (unpaired) electrons. The third-order valence-corrected chi connectivity index (χ3v) is 5.42. The van der Waals surface area contributed by atoms with Crippen LogP contribution in [0.3, 0.4) is 0 Å². The van der Waals surface area contributed by atoms with Crippen LogP contribution in [-0.2, 0) is 6.54 Å². The number of benzene rings is 2. The largest absolute Gasteiger partial charge is 0.393 e. The lowest BCUT2D eigenvalue weighted by Crippen LogP contribution is -2.39. The summed E-state index contributed by atoms with van der Waals surface area (Å²) < 4.78 is 0. The van der Waals surface area contributed by atoms with E-state index in [1.807, 2.05) is 0 Å². The predicted octanol–water partition coefficient (Wildman–Crippen LogP) is 3.47. The molecule has 22 heavy (non-hydrogen) atoms. The zero-order chi connectivity index (χ0) is 15.1. The van der Waals surface area contributed by atoms with Gasteiger partial charge in [0.25, 0.3) is 0 Å². The molecule has 1 N–H and O–H groups in total. The first-order chi connectivity index (χ1) is 10.7.